The number of oxazole rings is 1. The number of aryl methyl sites for hydroxylation is 2. The molecule has 0 N–H and O–H groups in total. The Bertz CT molecular complexity index is 1060. The zero-order valence-corrected chi connectivity index (χ0v) is 17.6. The highest BCUT2D eigenvalue weighted by Gasteiger charge is 2.31. The summed E-state index contributed by atoms with van der Waals surface area (Å²) in [5.41, 5.74) is 1.99. The maximum Gasteiger partial charge on any atom is 0.416 e. The molecule has 1 aromatic heterocycles. The third-order valence-electron chi connectivity index (χ3n) is 5.47. The molecule has 1 atom stereocenters. The van der Waals surface area contributed by atoms with Crippen molar-refractivity contribution in [1.82, 2.24) is 9.88 Å². The van der Waals surface area contributed by atoms with Crippen LogP contribution in [-0.2, 0) is 22.1 Å². The molecule has 168 valence electrons. The molecule has 2 aromatic carbocycles. The molecule has 0 aliphatic carbocycles. The summed E-state index contributed by atoms with van der Waals surface area (Å²) in [4.78, 5) is 18.6. The van der Waals surface area contributed by atoms with Gasteiger partial charge in [0.25, 0.3) is 0 Å². The van der Waals surface area contributed by atoms with Crippen molar-refractivity contribution >= 4 is 5.91 Å². The van der Waals surface area contributed by atoms with Gasteiger partial charge in [0, 0.05) is 24.9 Å². The monoisotopic (exact) mass is 444 g/mol. The number of nitrogens with zero attached hydrogens (tertiary/aromatic N) is 2. The third kappa shape index (κ3) is 5.19. The number of amides is 1. The van der Waals surface area contributed by atoms with E-state index in [-0.39, 0.29) is 12.3 Å². The van der Waals surface area contributed by atoms with Gasteiger partial charge in [-0.25, -0.2) is 4.98 Å². The van der Waals surface area contributed by atoms with Gasteiger partial charge in [-0.3, -0.25) is 4.79 Å². The van der Waals surface area contributed by atoms with E-state index in [1.165, 1.54) is 12.1 Å². The summed E-state index contributed by atoms with van der Waals surface area (Å²) in [6.07, 6.45) is -2.59. The lowest BCUT2D eigenvalue weighted by molar-refractivity contribution is -0.139. The number of carbonyl (C=O) groups is 1. The van der Waals surface area contributed by atoms with Crippen LogP contribution >= 0.6 is 0 Å². The van der Waals surface area contributed by atoms with E-state index in [4.69, 9.17) is 9.15 Å². The molecule has 1 amide bonds. The average Bonchev–Trinajstić information content (AvgIpc) is 3.26. The standard InChI is InChI=1S/C24H23F3N2O3/c1-16-2-4-17(5-3-16)20-14-28-22(32-20)10-11-23(30)29-12-13-31-21(15-29)18-6-8-19(9-7-18)24(25,26)27/h2-9,14,21H,10-13,15H2,1H3. The molecule has 1 saturated heterocycles. The Labute approximate surface area is 183 Å². The van der Waals surface area contributed by atoms with Gasteiger partial charge in [0.05, 0.1) is 24.9 Å². The molecule has 1 fully saturated rings. The lowest BCUT2D eigenvalue weighted by atomic mass is 10.0. The molecule has 1 aliphatic rings. The number of morpholine rings is 1. The molecule has 8 heteroatoms. The predicted molar refractivity (Wildman–Crippen MR) is 112 cm³/mol. The zero-order chi connectivity index (χ0) is 22.7. The van der Waals surface area contributed by atoms with Crippen LogP contribution in [0.3, 0.4) is 0 Å². The van der Waals surface area contributed by atoms with Crippen molar-refractivity contribution in [3.63, 3.8) is 0 Å². The summed E-state index contributed by atoms with van der Waals surface area (Å²) in [6, 6.07) is 12.8. The first kappa shape index (κ1) is 22.1. The minimum absolute atomic E-state index is 0.0692. The van der Waals surface area contributed by atoms with Crippen molar-refractivity contribution < 1.29 is 27.1 Å². The van der Waals surface area contributed by atoms with Crippen LogP contribution in [0.15, 0.2) is 59.1 Å². The smallest absolute Gasteiger partial charge is 0.416 e. The van der Waals surface area contributed by atoms with E-state index in [2.05, 4.69) is 4.98 Å². The van der Waals surface area contributed by atoms with Crippen molar-refractivity contribution in [1.29, 1.82) is 0 Å². The number of rotatable bonds is 5. The quantitative estimate of drug-likeness (QED) is 0.543. The highest BCUT2D eigenvalue weighted by molar-refractivity contribution is 5.76. The molecular formula is C24H23F3N2O3. The van der Waals surface area contributed by atoms with Crippen LogP contribution in [0.1, 0.15) is 35.1 Å². The molecule has 2 heterocycles. The molecule has 0 bridgehead atoms. The molecular weight excluding hydrogens is 421 g/mol. The fourth-order valence-electron chi connectivity index (χ4n) is 3.61. The van der Waals surface area contributed by atoms with Crippen molar-refractivity contribution in [2.75, 3.05) is 19.7 Å². The molecule has 5 nitrogen and oxygen atoms in total. The lowest BCUT2D eigenvalue weighted by Gasteiger charge is -2.33. The first-order valence-corrected chi connectivity index (χ1v) is 10.4. The van der Waals surface area contributed by atoms with Crippen molar-refractivity contribution in [3.05, 3.63) is 77.3 Å². The second-order valence-corrected chi connectivity index (χ2v) is 7.80. The van der Waals surface area contributed by atoms with Crippen molar-refractivity contribution in [3.8, 4) is 11.3 Å². The number of alkyl halides is 3. The number of ether oxygens (including phenoxy) is 1. The maximum absolute atomic E-state index is 12.8. The first-order chi connectivity index (χ1) is 15.3. The van der Waals surface area contributed by atoms with Crippen LogP contribution in [0.25, 0.3) is 11.3 Å². The number of aromatic nitrogens is 1. The maximum atomic E-state index is 12.8. The summed E-state index contributed by atoms with van der Waals surface area (Å²) in [5.74, 6) is 1.07. The van der Waals surface area contributed by atoms with Crippen molar-refractivity contribution in [2.45, 2.75) is 32.0 Å². The van der Waals surface area contributed by atoms with E-state index in [9.17, 15) is 18.0 Å². The molecule has 1 aliphatic heterocycles. The van der Waals surface area contributed by atoms with Crippen LogP contribution < -0.4 is 0 Å². The Kier molecular flexibility index (Phi) is 6.32. The second-order valence-electron chi connectivity index (χ2n) is 7.80. The third-order valence-corrected chi connectivity index (χ3v) is 5.47. The topological polar surface area (TPSA) is 55.6 Å². The SMILES string of the molecule is Cc1ccc(-c2cnc(CCC(=O)N3CCOC(c4ccc(C(F)(F)F)cc4)C3)o2)cc1. The Balaban J connectivity index is 1.33. The number of hydrogen-bond acceptors (Lipinski definition) is 4. The van der Waals surface area contributed by atoms with E-state index >= 15 is 0 Å². The van der Waals surface area contributed by atoms with Gasteiger partial charge in [-0.2, -0.15) is 13.2 Å². The Morgan fingerprint density at radius 2 is 1.84 bits per heavy atom. The van der Waals surface area contributed by atoms with Crippen LogP contribution in [0, 0.1) is 6.92 Å². The Morgan fingerprint density at radius 1 is 1.12 bits per heavy atom. The highest BCUT2D eigenvalue weighted by Crippen LogP contribution is 2.31. The number of benzene rings is 2. The minimum Gasteiger partial charge on any atom is -0.441 e. The number of hydrogen-bond donors (Lipinski definition) is 0. The van der Waals surface area contributed by atoms with E-state index in [1.54, 1.807) is 11.1 Å². The molecule has 1 unspecified atom stereocenters. The molecule has 0 spiro atoms. The predicted octanol–water partition coefficient (Wildman–Crippen LogP) is 5.20. The van der Waals surface area contributed by atoms with Crippen LogP contribution in [0.4, 0.5) is 13.2 Å². The van der Waals surface area contributed by atoms with Gasteiger partial charge < -0.3 is 14.1 Å². The van der Waals surface area contributed by atoms with Crippen molar-refractivity contribution in [2.24, 2.45) is 0 Å². The normalized spacial score (nSPS) is 16.9. The van der Waals surface area contributed by atoms with E-state index in [1.807, 2.05) is 31.2 Å². The summed E-state index contributed by atoms with van der Waals surface area (Å²) < 4.78 is 49.8. The zero-order valence-electron chi connectivity index (χ0n) is 17.6. The molecule has 3 aromatic rings. The van der Waals surface area contributed by atoms with Gasteiger partial charge in [0.15, 0.2) is 11.7 Å². The van der Waals surface area contributed by atoms with E-state index in [0.717, 1.165) is 23.3 Å². The lowest BCUT2D eigenvalue weighted by Crippen LogP contribution is -2.42. The summed E-state index contributed by atoms with van der Waals surface area (Å²) >= 11 is 0. The number of halogens is 3. The van der Waals surface area contributed by atoms with Crippen LogP contribution in [-0.4, -0.2) is 35.5 Å². The van der Waals surface area contributed by atoms with Gasteiger partial charge in [-0.1, -0.05) is 42.0 Å². The average molecular weight is 444 g/mol. The highest BCUT2D eigenvalue weighted by atomic mass is 19.4. The van der Waals surface area contributed by atoms with E-state index < -0.39 is 17.8 Å². The van der Waals surface area contributed by atoms with Gasteiger partial charge in [0.1, 0.15) is 6.10 Å². The number of carbonyl (C=O) groups excluding carboxylic acids is 1. The minimum atomic E-state index is -4.38. The Hall–Kier alpha value is -3.13. The molecule has 0 saturated carbocycles. The fraction of sp³-hybridized carbons (Fsp3) is 0.333. The van der Waals surface area contributed by atoms with E-state index in [0.29, 0.717) is 43.3 Å². The van der Waals surface area contributed by atoms with Crippen LogP contribution in [0.5, 0.6) is 0 Å². The summed E-state index contributed by atoms with van der Waals surface area (Å²) in [5, 5.41) is 0. The van der Waals surface area contributed by atoms with Gasteiger partial charge in [-0.15, -0.1) is 0 Å². The van der Waals surface area contributed by atoms with Gasteiger partial charge in [-0.05, 0) is 24.6 Å². The van der Waals surface area contributed by atoms with Gasteiger partial charge >= 0.3 is 6.18 Å². The Morgan fingerprint density at radius 3 is 2.53 bits per heavy atom. The van der Waals surface area contributed by atoms with Crippen LogP contribution in [0.2, 0.25) is 0 Å². The summed E-state index contributed by atoms with van der Waals surface area (Å²) in [6.45, 7) is 3.07. The molecule has 0 radical (unpaired) electrons. The summed E-state index contributed by atoms with van der Waals surface area (Å²) in [7, 11) is 0. The second kappa shape index (κ2) is 9.16. The molecule has 4 rings (SSSR count). The first-order valence-electron chi connectivity index (χ1n) is 10.4. The van der Waals surface area contributed by atoms with Gasteiger partial charge in [0.2, 0.25) is 5.91 Å². The molecule has 32 heavy (non-hydrogen) atoms. The largest absolute Gasteiger partial charge is 0.441 e. The fourth-order valence-corrected chi connectivity index (χ4v) is 3.61.